The number of nitrogens with one attached hydrogen (secondary N) is 2. The number of carbonyl (C=O) groups is 1. The number of nitrogens with zero attached hydrogens (tertiary/aromatic N) is 2. The largest absolute Gasteiger partial charge is 0.347 e. The Bertz CT molecular complexity index is 886. The summed E-state index contributed by atoms with van der Waals surface area (Å²) < 4.78 is 0. The van der Waals surface area contributed by atoms with E-state index >= 15 is 0 Å². The molecule has 0 aliphatic carbocycles. The Morgan fingerprint density at radius 3 is 2.78 bits per heavy atom. The molecule has 23 heavy (non-hydrogen) atoms. The molecule has 116 valence electrons. The molecule has 0 spiro atoms. The van der Waals surface area contributed by atoms with Crippen molar-refractivity contribution < 1.29 is 4.79 Å². The molecule has 3 aromatic rings. The summed E-state index contributed by atoms with van der Waals surface area (Å²) in [4.78, 5) is 29.2. The van der Waals surface area contributed by atoms with Crippen molar-refractivity contribution in [2.75, 3.05) is 0 Å². The summed E-state index contributed by atoms with van der Waals surface area (Å²) in [6, 6.07) is 7.01. The lowest BCUT2D eigenvalue weighted by Crippen LogP contribution is -2.29. The highest BCUT2D eigenvalue weighted by molar-refractivity contribution is 7.10. The lowest BCUT2D eigenvalue weighted by molar-refractivity contribution is 0.0949. The van der Waals surface area contributed by atoms with Crippen LogP contribution < -0.4 is 10.9 Å². The summed E-state index contributed by atoms with van der Waals surface area (Å²) >= 11 is 1.57. The zero-order chi connectivity index (χ0) is 16.2. The summed E-state index contributed by atoms with van der Waals surface area (Å²) in [7, 11) is 0. The Labute approximate surface area is 136 Å². The van der Waals surface area contributed by atoms with Crippen LogP contribution in [0.2, 0.25) is 0 Å². The maximum absolute atomic E-state index is 12.3. The quantitative estimate of drug-likeness (QED) is 0.769. The molecule has 0 aliphatic heterocycles. The van der Waals surface area contributed by atoms with E-state index in [1.54, 1.807) is 35.9 Å². The Kier molecular flexibility index (Phi) is 4.29. The second kappa shape index (κ2) is 6.53. The first-order valence-electron chi connectivity index (χ1n) is 6.96. The molecule has 1 amide bonds. The van der Waals surface area contributed by atoms with E-state index in [2.05, 4.69) is 20.5 Å². The molecule has 0 atom stereocenters. The summed E-state index contributed by atoms with van der Waals surface area (Å²) in [6.07, 6.45) is 3.25. The van der Waals surface area contributed by atoms with Gasteiger partial charge in [0.2, 0.25) is 0 Å². The summed E-state index contributed by atoms with van der Waals surface area (Å²) in [6.45, 7) is 2.38. The van der Waals surface area contributed by atoms with E-state index in [1.165, 1.54) is 6.07 Å². The molecule has 0 radical (unpaired) electrons. The van der Waals surface area contributed by atoms with Crippen molar-refractivity contribution >= 4 is 17.2 Å². The molecule has 3 rings (SSSR count). The van der Waals surface area contributed by atoms with E-state index in [0.717, 1.165) is 16.0 Å². The number of carbonyl (C=O) groups excluding carboxylic acids is 1. The predicted octanol–water partition coefficient (Wildman–Crippen LogP) is 2.13. The normalized spacial score (nSPS) is 10.5. The average molecular weight is 326 g/mol. The number of amides is 1. The second-order valence-electron chi connectivity index (χ2n) is 4.94. The number of pyridine rings is 1. The Morgan fingerprint density at radius 2 is 2.09 bits per heavy atom. The fourth-order valence-corrected chi connectivity index (χ4v) is 2.93. The minimum atomic E-state index is -0.511. The Morgan fingerprint density at radius 1 is 1.30 bits per heavy atom. The van der Waals surface area contributed by atoms with E-state index in [0.29, 0.717) is 12.2 Å². The summed E-state index contributed by atoms with van der Waals surface area (Å²) in [5, 5.41) is 11.1. The van der Waals surface area contributed by atoms with E-state index in [1.807, 2.05) is 18.4 Å². The number of thiophene rings is 1. The molecule has 2 N–H and O–H groups in total. The Hall–Kier alpha value is -2.80. The lowest BCUT2D eigenvalue weighted by Gasteiger charge is -2.06. The van der Waals surface area contributed by atoms with E-state index < -0.39 is 11.5 Å². The molecule has 3 aromatic heterocycles. The van der Waals surface area contributed by atoms with Crippen LogP contribution in [0.1, 0.15) is 20.8 Å². The lowest BCUT2D eigenvalue weighted by atomic mass is 10.1. The minimum absolute atomic E-state index is 0.0426. The predicted molar refractivity (Wildman–Crippen MR) is 88.3 cm³/mol. The van der Waals surface area contributed by atoms with Crippen LogP contribution in [0.25, 0.3) is 11.3 Å². The minimum Gasteiger partial charge on any atom is -0.347 e. The van der Waals surface area contributed by atoms with Crippen molar-refractivity contribution in [1.29, 1.82) is 0 Å². The van der Waals surface area contributed by atoms with E-state index in [9.17, 15) is 9.59 Å². The first-order valence-corrected chi connectivity index (χ1v) is 7.84. The van der Waals surface area contributed by atoms with Crippen LogP contribution in [-0.2, 0) is 6.54 Å². The van der Waals surface area contributed by atoms with Gasteiger partial charge in [-0.25, -0.2) is 5.10 Å². The highest BCUT2D eigenvalue weighted by atomic mass is 32.1. The monoisotopic (exact) mass is 326 g/mol. The van der Waals surface area contributed by atoms with Crippen molar-refractivity contribution in [2.45, 2.75) is 13.5 Å². The zero-order valence-corrected chi connectivity index (χ0v) is 13.2. The third-order valence-electron chi connectivity index (χ3n) is 3.40. The van der Waals surface area contributed by atoms with Crippen LogP contribution >= 0.6 is 11.3 Å². The number of aromatic nitrogens is 3. The topological polar surface area (TPSA) is 87.7 Å². The van der Waals surface area contributed by atoms with Gasteiger partial charge >= 0.3 is 0 Å². The van der Waals surface area contributed by atoms with Gasteiger partial charge in [-0.1, -0.05) is 0 Å². The number of hydrogen-bond donors (Lipinski definition) is 2. The summed E-state index contributed by atoms with van der Waals surface area (Å²) in [5.74, 6) is -0.420. The molecule has 0 fully saturated rings. The third-order valence-corrected chi connectivity index (χ3v) is 4.42. The number of aromatic amines is 1. The van der Waals surface area contributed by atoms with Gasteiger partial charge in [0.05, 0.1) is 12.2 Å². The average Bonchev–Trinajstić information content (AvgIpc) is 2.99. The van der Waals surface area contributed by atoms with Gasteiger partial charge < -0.3 is 5.32 Å². The molecule has 6 nitrogen and oxygen atoms in total. The standard InChI is InChI=1S/C16H14N4O2S/c1-10-4-7-23-14(10)9-18-15(21)12-8-13(19-20-16(12)22)11-2-5-17-6-3-11/h2-8H,9H2,1H3,(H,18,21)(H,20,22). The van der Waals surface area contributed by atoms with Crippen LogP contribution in [0, 0.1) is 6.92 Å². The molecule has 3 heterocycles. The molecular formula is C16H14N4O2S. The molecular weight excluding hydrogens is 312 g/mol. The fourth-order valence-electron chi connectivity index (χ4n) is 2.09. The van der Waals surface area contributed by atoms with Gasteiger partial charge in [0.25, 0.3) is 11.5 Å². The number of hydrogen-bond acceptors (Lipinski definition) is 5. The smallest absolute Gasteiger partial charge is 0.277 e. The second-order valence-corrected chi connectivity index (χ2v) is 5.94. The first-order chi connectivity index (χ1) is 11.1. The van der Waals surface area contributed by atoms with E-state index in [-0.39, 0.29) is 5.56 Å². The molecule has 0 aliphatic rings. The first kappa shape index (κ1) is 15.1. The van der Waals surface area contributed by atoms with Gasteiger partial charge in [0, 0.05) is 22.8 Å². The molecule has 0 saturated carbocycles. The van der Waals surface area contributed by atoms with Crippen LogP contribution in [0.4, 0.5) is 0 Å². The van der Waals surface area contributed by atoms with Gasteiger partial charge in [0.15, 0.2) is 0 Å². The number of rotatable bonds is 4. The highest BCUT2D eigenvalue weighted by Gasteiger charge is 2.13. The van der Waals surface area contributed by atoms with Gasteiger partial charge in [-0.05, 0) is 42.1 Å². The van der Waals surface area contributed by atoms with Crippen LogP contribution in [0.3, 0.4) is 0 Å². The van der Waals surface area contributed by atoms with Crippen LogP contribution in [0.5, 0.6) is 0 Å². The van der Waals surface area contributed by atoms with E-state index in [4.69, 9.17) is 0 Å². The molecule has 0 saturated heterocycles. The number of H-pyrrole nitrogens is 1. The Balaban J connectivity index is 1.83. The molecule has 7 heteroatoms. The van der Waals surface area contributed by atoms with Gasteiger partial charge in [0.1, 0.15) is 5.56 Å². The van der Waals surface area contributed by atoms with Crippen molar-refractivity contribution in [1.82, 2.24) is 20.5 Å². The maximum atomic E-state index is 12.3. The fraction of sp³-hybridized carbons (Fsp3) is 0.125. The summed E-state index contributed by atoms with van der Waals surface area (Å²) in [5.41, 5.74) is 1.95. The maximum Gasteiger partial charge on any atom is 0.277 e. The van der Waals surface area contributed by atoms with Crippen LogP contribution in [0.15, 0.2) is 46.8 Å². The number of aryl methyl sites for hydroxylation is 1. The molecule has 0 aromatic carbocycles. The third kappa shape index (κ3) is 3.35. The van der Waals surface area contributed by atoms with Crippen molar-refractivity contribution in [3.63, 3.8) is 0 Å². The highest BCUT2D eigenvalue weighted by Crippen LogP contribution is 2.16. The van der Waals surface area contributed by atoms with Crippen LogP contribution in [-0.4, -0.2) is 21.1 Å². The van der Waals surface area contributed by atoms with Gasteiger partial charge in [-0.3, -0.25) is 14.6 Å². The van der Waals surface area contributed by atoms with Gasteiger partial charge in [-0.15, -0.1) is 11.3 Å². The van der Waals surface area contributed by atoms with Crippen molar-refractivity contribution in [3.8, 4) is 11.3 Å². The molecule has 0 bridgehead atoms. The van der Waals surface area contributed by atoms with Gasteiger partial charge in [-0.2, -0.15) is 5.10 Å². The molecule has 0 unspecified atom stereocenters. The SMILES string of the molecule is Cc1ccsc1CNC(=O)c1cc(-c2ccncc2)n[nH]c1=O. The zero-order valence-electron chi connectivity index (χ0n) is 12.4. The van der Waals surface area contributed by atoms with Crippen molar-refractivity contribution in [2.24, 2.45) is 0 Å². The van der Waals surface area contributed by atoms with Crippen molar-refractivity contribution in [3.05, 3.63) is 68.4 Å².